The van der Waals surface area contributed by atoms with E-state index < -0.39 is 0 Å². The van der Waals surface area contributed by atoms with Gasteiger partial charge in [0.25, 0.3) is 11.1 Å². The van der Waals surface area contributed by atoms with Crippen molar-refractivity contribution in [2.45, 2.75) is 22.5 Å². The second-order valence-electron chi connectivity index (χ2n) is 6.26. The molecule has 7 nitrogen and oxygen atoms in total. The molecule has 0 aliphatic carbocycles. The van der Waals surface area contributed by atoms with E-state index >= 15 is 0 Å². The van der Waals surface area contributed by atoms with Crippen molar-refractivity contribution in [1.29, 1.82) is 0 Å². The first-order valence-corrected chi connectivity index (χ1v) is 10.5. The lowest BCUT2D eigenvalue weighted by atomic mass is 10.2. The average molecular weight is 429 g/mol. The third-order valence-electron chi connectivity index (χ3n) is 3.73. The van der Waals surface area contributed by atoms with Crippen LogP contribution in [0.3, 0.4) is 0 Å². The number of benzene rings is 2. The van der Waals surface area contributed by atoms with Crippen LogP contribution in [0.25, 0.3) is 0 Å². The van der Waals surface area contributed by atoms with Crippen LogP contribution in [0.15, 0.2) is 62.8 Å². The van der Waals surface area contributed by atoms with Crippen LogP contribution in [0.4, 0.5) is 10.5 Å². The second kappa shape index (κ2) is 9.62. The molecule has 0 saturated heterocycles. The monoisotopic (exact) mass is 428 g/mol. The molecule has 1 N–H and O–H groups in total. The highest BCUT2D eigenvalue weighted by Gasteiger charge is 2.14. The normalized spacial score (nSPS) is 10.6. The molecule has 0 fully saturated rings. The van der Waals surface area contributed by atoms with E-state index in [0.717, 1.165) is 21.6 Å². The van der Waals surface area contributed by atoms with Gasteiger partial charge in [0.05, 0.1) is 11.3 Å². The van der Waals surface area contributed by atoms with Crippen molar-refractivity contribution in [3.63, 3.8) is 0 Å². The van der Waals surface area contributed by atoms with Gasteiger partial charge < -0.3 is 14.7 Å². The SMILES string of the molecule is Cc1noc(CSc2ccccc2C(=O)Nc2ccc(SC(=O)N(C)C)cc2)n1. The van der Waals surface area contributed by atoms with Gasteiger partial charge in [-0.3, -0.25) is 9.59 Å². The molecule has 0 unspecified atom stereocenters. The lowest BCUT2D eigenvalue weighted by Gasteiger charge is -2.11. The number of nitrogens with one attached hydrogen (secondary N) is 1. The largest absolute Gasteiger partial charge is 0.339 e. The molecule has 1 heterocycles. The minimum Gasteiger partial charge on any atom is -0.339 e. The van der Waals surface area contributed by atoms with Gasteiger partial charge in [-0.15, -0.1) is 11.8 Å². The topological polar surface area (TPSA) is 88.3 Å². The molecule has 0 atom stereocenters. The number of carbonyl (C=O) groups excluding carboxylic acids is 2. The molecule has 2 amide bonds. The molecule has 0 aliphatic rings. The molecule has 150 valence electrons. The summed E-state index contributed by atoms with van der Waals surface area (Å²) in [5, 5.41) is 6.62. The lowest BCUT2D eigenvalue weighted by Crippen LogP contribution is -2.16. The summed E-state index contributed by atoms with van der Waals surface area (Å²) in [6.07, 6.45) is 0. The quantitative estimate of drug-likeness (QED) is 0.570. The lowest BCUT2D eigenvalue weighted by molar-refractivity contribution is 0.102. The van der Waals surface area contributed by atoms with E-state index in [1.54, 1.807) is 51.4 Å². The van der Waals surface area contributed by atoms with Crippen molar-refractivity contribution in [3.8, 4) is 0 Å². The predicted molar refractivity (Wildman–Crippen MR) is 114 cm³/mol. The van der Waals surface area contributed by atoms with Gasteiger partial charge in [-0.2, -0.15) is 4.98 Å². The molecule has 1 aromatic heterocycles. The maximum absolute atomic E-state index is 12.8. The van der Waals surface area contributed by atoms with Gasteiger partial charge in [-0.25, -0.2) is 0 Å². The Bertz CT molecular complexity index is 1000. The molecule has 3 aromatic rings. The molecule has 0 bridgehead atoms. The molecule has 0 saturated carbocycles. The van der Waals surface area contributed by atoms with Crippen LogP contribution in [0.5, 0.6) is 0 Å². The molecule has 3 rings (SSSR count). The first-order valence-electron chi connectivity index (χ1n) is 8.74. The van der Waals surface area contributed by atoms with Crippen LogP contribution in [0, 0.1) is 6.92 Å². The van der Waals surface area contributed by atoms with Gasteiger partial charge in [-0.1, -0.05) is 17.3 Å². The maximum Gasteiger partial charge on any atom is 0.285 e. The summed E-state index contributed by atoms with van der Waals surface area (Å²) < 4.78 is 5.12. The van der Waals surface area contributed by atoms with Gasteiger partial charge in [0.1, 0.15) is 0 Å². The fourth-order valence-corrected chi connectivity index (χ4v) is 3.86. The van der Waals surface area contributed by atoms with Crippen molar-refractivity contribution in [2.24, 2.45) is 0 Å². The molecular formula is C20H20N4O3S2. The first-order chi connectivity index (χ1) is 13.9. The number of amides is 2. The fraction of sp³-hybridized carbons (Fsp3) is 0.200. The zero-order chi connectivity index (χ0) is 20.8. The molecule has 9 heteroatoms. The maximum atomic E-state index is 12.8. The zero-order valence-electron chi connectivity index (χ0n) is 16.2. The number of nitrogens with zero attached hydrogens (tertiary/aromatic N) is 3. The Morgan fingerprint density at radius 3 is 2.48 bits per heavy atom. The number of aromatic nitrogens is 2. The first kappa shape index (κ1) is 20.9. The molecule has 0 spiro atoms. The minimum atomic E-state index is -0.209. The highest BCUT2D eigenvalue weighted by molar-refractivity contribution is 8.13. The zero-order valence-corrected chi connectivity index (χ0v) is 17.8. The standard InChI is InChI=1S/C20H20N4O3S2/c1-13-21-18(27-23-13)12-28-17-7-5-4-6-16(17)19(25)22-14-8-10-15(11-9-14)29-20(26)24(2)3/h4-11H,12H2,1-3H3,(H,22,25). The van der Waals surface area contributed by atoms with Crippen LogP contribution < -0.4 is 5.32 Å². The van der Waals surface area contributed by atoms with Crippen LogP contribution in [-0.4, -0.2) is 40.3 Å². The molecule has 0 radical (unpaired) electrons. The third kappa shape index (κ3) is 5.85. The van der Waals surface area contributed by atoms with Crippen molar-refractivity contribution >= 4 is 40.4 Å². The Hall–Kier alpha value is -2.78. The van der Waals surface area contributed by atoms with E-state index in [4.69, 9.17) is 4.52 Å². The van der Waals surface area contributed by atoms with E-state index in [1.165, 1.54) is 16.7 Å². The van der Waals surface area contributed by atoms with Crippen LogP contribution in [-0.2, 0) is 5.75 Å². The Morgan fingerprint density at radius 2 is 1.83 bits per heavy atom. The number of thioether (sulfide) groups is 2. The molecule has 29 heavy (non-hydrogen) atoms. The second-order valence-corrected chi connectivity index (χ2v) is 8.30. The predicted octanol–water partition coefficient (Wildman–Crippen LogP) is 4.70. The number of hydrogen-bond donors (Lipinski definition) is 1. The van der Waals surface area contributed by atoms with E-state index in [2.05, 4.69) is 15.5 Å². The molecular weight excluding hydrogens is 408 g/mol. The number of anilines is 1. The summed E-state index contributed by atoms with van der Waals surface area (Å²) in [6, 6.07) is 14.5. The van der Waals surface area contributed by atoms with E-state index in [-0.39, 0.29) is 11.1 Å². The van der Waals surface area contributed by atoms with E-state index in [1.807, 2.05) is 18.2 Å². The van der Waals surface area contributed by atoms with E-state index in [0.29, 0.717) is 28.7 Å². The summed E-state index contributed by atoms with van der Waals surface area (Å²) in [6.45, 7) is 1.76. The summed E-state index contributed by atoms with van der Waals surface area (Å²) in [5.41, 5.74) is 1.22. The Labute approximate surface area is 177 Å². The summed E-state index contributed by atoms with van der Waals surface area (Å²) >= 11 is 2.60. The van der Waals surface area contributed by atoms with Gasteiger partial charge in [0.2, 0.25) is 5.89 Å². The molecule has 0 aliphatic heterocycles. The Balaban J connectivity index is 1.65. The summed E-state index contributed by atoms with van der Waals surface area (Å²) in [4.78, 5) is 31.9. The number of rotatable bonds is 6. The van der Waals surface area contributed by atoms with Gasteiger partial charge in [0.15, 0.2) is 5.82 Å². The number of hydrogen-bond acceptors (Lipinski definition) is 7. The van der Waals surface area contributed by atoms with Crippen LogP contribution >= 0.6 is 23.5 Å². The Kier molecular flexibility index (Phi) is 6.95. The smallest absolute Gasteiger partial charge is 0.285 e. The van der Waals surface area contributed by atoms with Crippen molar-refractivity contribution in [3.05, 3.63) is 65.8 Å². The summed E-state index contributed by atoms with van der Waals surface area (Å²) in [5.74, 6) is 1.37. The van der Waals surface area contributed by atoms with Gasteiger partial charge in [-0.05, 0) is 55.1 Å². The van der Waals surface area contributed by atoms with Crippen LogP contribution in [0.1, 0.15) is 22.1 Å². The number of aryl methyl sites for hydroxylation is 1. The minimum absolute atomic E-state index is 0.0517. The van der Waals surface area contributed by atoms with Gasteiger partial charge >= 0.3 is 0 Å². The third-order valence-corrected chi connectivity index (χ3v) is 5.84. The number of carbonyl (C=O) groups is 2. The Morgan fingerprint density at radius 1 is 1.10 bits per heavy atom. The van der Waals surface area contributed by atoms with Crippen molar-refractivity contribution < 1.29 is 14.1 Å². The van der Waals surface area contributed by atoms with Crippen molar-refractivity contribution in [1.82, 2.24) is 15.0 Å². The molecule has 2 aromatic carbocycles. The fourth-order valence-electron chi connectivity index (χ4n) is 2.32. The average Bonchev–Trinajstić information content (AvgIpc) is 3.13. The van der Waals surface area contributed by atoms with Gasteiger partial charge in [0, 0.05) is 29.6 Å². The highest BCUT2D eigenvalue weighted by Crippen LogP contribution is 2.27. The summed E-state index contributed by atoms with van der Waals surface area (Å²) in [7, 11) is 3.41. The van der Waals surface area contributed by atoms with Crippen LogP contribution in [0.2, 0.25) is 0 Å². The van der Waals surface area contributed by atoms with E-state index in [9.17, 15) is 9.59 Å². The highest BCUT2D eigenvalue weighted by atomic mass is 32.2. The van der Waals surface area contributed by atoms with Crippen molar-refractivity contribution in [2.75, 3.05) is 19.4 Å².